The quantitative estimate of drug-likeness (QED) is 0.622. The third kappa shape index (κ3) is 3.19. The van der Waals surface area contributed by atoms with Crippen molar-refractivity contribution < 1.29 is 14.6 Å². The minimum absolute atomic E-state index is 0.219. The van der Waals surface area contributed by atoms with Gasteiger partial charge >= 0.3 is 0 Å². The van der Waals surface area contributed by atoms with Crippen LogP contribution >= 0.6 is 0 Å². The predicted octanol–water partition coefficient (Wildman–Crippen LogP) is 5.74. The fourth-order valence-electron chi connectivity index (χ4n) is 7.36. The van der Waals surface area contributed by atoms with Gasteiger partial charge in [0.25, 0.3) is 0 Å². The number of carbonyl (C=O) groups is 1. The molecule has 0 bridgehead atoms. The van der Waals surface area contributed by atoms with E-state index in [-0.39, 0.29) is 17.1 Å². The number of ketones is 1. The second kappa shape index (κ2) is 7.92. The molecule has 2 saturated carbocycles. The van der Waals surface area contributed by atoms with Crippen molar-refractivity contribution in [2.45, 2.75) is 77.2 Å². The van der Waals surface area contributed by atoms with E-state index in [9.17, 15) is 9.90 Å². The number of aliphatic hydroxyl groups is 1. The fraction of sp³-hybridized carbons (Fsp3) is 0.552. The van der Waals surface area contributed by atoms with Crippen LogP contribution in [0.4, 0.5) is 0 Å². The largest absolute Gasteiger partial charge is 0.494 e. The van der Waals surface area contributed by atoms with Gasteiger partial charge in [0.05, 0.1) is 6.61 Å². The van der Waals surface area contributed by atoms with Gasteiger partial charge in [-0.25, -0.2) is 0 Å². The molecule has 0 amide bonds. The Morgan fingerprint density at radius 1 is 1.22 bits per heavy atom. The van der Waals surface area contributed by atoms with E-state index in [1.165, 1.54) is 16.7 Å². The van der Waals surface area contributed by atoms with Gasteiger partial charge in [-0.05, 0) is 99.1 Å². The Hall–Kier alpha value is -2.31. The highest BCUT2D eigenvalue weighted by atomic mass is 16.5. The minimum atomic E-state index is -0.933. The lowest BCUT2D eigenvalue weighted by Crippen LogP contribution is -2.51. The molecule has 168 valence electrons. The molecule has 2 fully saturated rings. The zero-order valence-corrected chi connectivity index (χ0v) is 19.5. The summed E-state index contributed by atoms with van der Waals surface area (Å²) < 4.78 is 5.84. The van der Waals surface area contributed by atoms with Crippen LogP contribution in [0.3, 0.4) is 0 Å². The Labute approximate surface area is 191 Å². The van der Waals surface area contributed by atoms with E-state index in [0.29, 0.717) is 24.9 Å². The summed E-state index contributed by atoms with van der Waals surface area (Å²) in [6, 6.07) is 8.52. The Bertz CT molecular complexity index is 1070. The third-order valence-electron chi connectivity index (χ3n) is 8.79. The molecule has 0 aliphatic heterocycles. The molecule has 3 heteroatoms. The highest BCUT2D eigenvalue weighted by molar-refractivity contribution is 5.93. The van der Waals surface area contributed by atoms with Crippen LogP contribution < -0.4 is 4.74 Å². The molecule has 0 radical (unpaired) electrons. The molecule has 0 heterocycles. The first-order valence-corrected chi connectivity index (χ1v) is 12.3. The van der Waals surface area contributed by atoms with E-state index in [0.717, 1.165) is 44.3 Å². The second-order valence-electron chi connectivity index (χ2n) is 10.3. The molecule has 0 spiro atoms. The molecule has 5 atom stereocenters. The van der Waals surface area contributed by atoms with Crippen molar-refractivity contribution in [2.75, 3.05) is 6.61 Å². The van der Waals surface area contributed by atoms with Gasteiger partial charge in [-0.1, -0.05) is 30.6 Å². The molecule has 0 aromatic heterocycles. The summed E-state index contributed by atoms with van der Waals surface area (Å²) in [6.07, 6.45) is 8.09. The van der Waals surface area contributed by atoms with Crippen molar-refractivity contribution in [3.8, 4) is 17.6 Å². The zero-order chi connectivity index (χ0) is 22.5. The van der Waals surface area contributed by atoms with Crippen molar-refractivity contribution >= 4 is 5.78 Å². The summed E-state index contributed by atoms with van der Waals surface area (Å²) in [5.41, 5.74) is 4.33. The molecular formula is C29H34O3. The number of carbonyl (C=O) groups excluding carboxylic acids is 1. The smallest absolute Gasteiger partial charge is 0.156 e. The van der Waals surface area contributed by atoms with Gasteiger partial charge in [-0.2, -0.15) is 0 Å². The Kier molecular flexibility index (Phi) is 5.33. The summed E-state index contributed by atoms with van der Waals surface area (Å²) >= 11 is 0. The number of fused-ring (bicyclic) bond motifs is 4. The molecule has 1 aromatic rings. The number of ether oxygens (including phenoxy) is 1. The molecule has 3 nitrogen and oxygen atoms in total. The maximum absolute atomic E-state index is 12.2. The van der Waals surface area contributed by atoms with Crippen molar-refractivity contribution in [1.29, 1.82) is 0 Å². The second-order valence-corrected chi connectivity index (χ2v) is 10.3. The van der Waals surface area contributed by atoms with E-state index in [4.69, 9.17) is 4.74 Å². The number of rotatable bonds is 3. The summed E-state index contributed by atoms with van der Waals surface area (Å²) in [7, 11) is 0. The Morgan fingerprint density at radius 3 is 2.84 bits per heavy atom. The van der Waals surface area contributed by atoms with Crippen molar-refractivity contribution in [2.24, 2.45) is 17.3 Å². The Balaban J connectivity index is 1.68. The van der Waals surface area contributed by atoms with Gasteiger partial charge in [0.2, 0.25) is 0 Å². The van der Waals surface area contributed by atoms with E-state index >= 15 is 0 Å². The molecule has 4 aliphatic rings. The lowest BCUT2D eigenvalue weighted by Gasteiger charge is -2.53. The molecule has 1 N–H and O–H groups in total. The number of hydrogen-bond donors (Lipinski definition) is 1. The van der Waals surface area contributed by atoms with Gasteiger partial charge in [0.15, 0.2) is 5.78 Å². The minimum Gasteiger partial charge on any atom is -0.494 e. The van der Waals surface area contributed by atoms with E-state index in [1.807, 2.05) is 26.0 Å². The first-order valence-electron chi connectivity index (χ1n) is 12.3. The molecule has 0 saturated heterocycles. The predicted molar refractivity (Wildman–Crippen MR) is 126 cm³/mol. The van der Waals surface area contributed by atoms with Crippen molar-refractivity contribution in [3.05, 3.63) is 52.6 Å². The summed E-state index contributed by atoms with van der Waals surface area (Å²) in [5.74, 6) is 8.53. The lowest BCUT2D eigenvalue weighted by atomic mass is 9.51. The Morgan fingerprint density at radius 2 is 2.06 bits per heavy atom. The van der Waals surface area contributed by atoms with E-state index in [2.05, 4.69) is 37.0 Å². The van der Waals surface area contributed by atoms with Crippen LogP contribution in [0.15, 0.2) is 47.1 Å². The number of hydrogen-bond acceptors (Lipinski definition) is 3. The summed E-state index contributed by atoms with van der Waals surface area (Å²) in [4.78, 5) is 12.2. The molecule has 5 rings (SSSR count). The highest BCUT2D eigenvalue weighted by Crippen LogP contribution is 2.66. The SMILES string of the molecule is CC#C[C@]1(O)CC[C@H]2[C@@H]3CCC4=CC(=O)CCC4=C3[C@@H](c3cccc(OCC)c3)C[C@@]21C. The molecule has 4 aliphatic carbocycles. The monoisotopic (exact) mass is 430 g/mol. The van der Waals surface area contributed by atoms with Gasteiger partial charge in [0, 0.05) is 17.8 Å². The van der Waals surface area contributed by atoms with Crippen LogP contribution in [0.25, 0.3) is 0 Å². The van der Waals surface area contributed by atoms with Crippen LogP contribution in [0.2, 0.25) is 0 Å². The number of benzene rings is 1. The van der Waals surface area contributed by atoms with Crippen LogP contribution in [-0.4, -0.2) is 23.1 Å². The van der Waals surface area contributed by atoms with Gasteiger partial charge in [-0.3, -0.25) is 4.79 Å². The average Bonchev–Trinajstić information content (AvgIpc) is 3.04. The maximum Gasteiger partial charge on any atom is 0.156 e. The van der Waals surface area contributed by atoms with Crippen molar-refractivity contribution in [1.82, 2.24) is 0 Å². The van der Waals surface area contributed by atoms with E-state index in [1.54, 1.807) is 5.57 Å². The third-order valence-corrected chi connectivity index (χ3v) is 8.79. The topological polar surface area (TPSA) is 46.5 Å². The average molecular weight is 431 g/mol. The first-order chi connectivity index (χ1) is 15.4. The lowest BCUT2D eigenvalue weighted by molar-refractivity contribution is -0.114. The zero-order valence-electron chi connectivity index (χ0n) is 19.5. The maximum atomic E-state index is 12.2. The van der Waals surface area contributed by atoms with Gasteiger partial charge in [-0.15, -0.1) is 5.92 Å². The first kappa shape index (κ1) is 21.5. The van der Waals surface area contributed by atoms with Crippen LogP contribution in [-0.2, 0) is 4.79 Å². The standard InChI is InChI=1S/C29H34O3/c1-4-14-29(31)15-13-26-24-11-9-20-16-21(30)10-12-23(20)27(24)25(18-28(26,29)3)19-7-6-8-22(17-19)32-5-2/h6-8,16-17,24-26,31H,5,9-13,15,18H2,1-3H3/t24-,25+,26-,28-,29-/m0/s1. The van der Waals surface area contributed by atoms with E-state index < -0.39 is 5.60 Å². The molecular weight excluding hydrogens is 396 g/mol. The summed E-state index contributed by atoms with van der Waals surface area (Å²) in [6.45, 7) is 6.78. The molecule has 1 aromatic carbocycles. The van der Waals surface area contributed by atoms with Crippen LogP contribution in [0.5, 0.6) is 5.75 Å². The molecule has 0 unspecified atom stereocenters. The van der Waals surface area contributed by atoms with Crippen molar-refractivity contribution in [3.63, 3.8) is 0 Å². The van der Waals surface area contributed by atoms with Gasteiger partial charge in [0.1, 0.15) is 11.4 Å². The van der Waals surface area contributed by atoms with Crippen LogP contribution in [0.1, 0.15) is 77.2 Å². The van der Waals surface area contributed by atoms with Gasteiger partial charge < -0.3 is 9.84 Å². The normalized spacial score (nSPS) is 35.8. The summed E-state index contributed by atoms with van der Waals surface area (Å²) in [5, 5.41) is 11.7. The molecule has 32 heavy (non-hydrogen) atoms. The highest BCUT2D eigenvalue weighted by Gasteiger charge is 2.62. The van der Waals surface area contributed by atoms with Crippen LogP contribution in [0, 0.1) is 29.1 Å². The number of allylic oxidation sites excluding steroid dienone is 4. The fourth-order valence-corrected chi connectivity index (χ4v) is 7.36.